The van der Waals surface area contributed by atoms with Gasteiger partial charge in [0.1, 0.15) is 0 Å². The van der Waals surface area contributed by atoms with Crippen molar-refractivity contribution < 1.29 is 5.11 Å². The van der Waals surface area contributed by atoms with Crippen molar-refractivity contribution in [1.82, 2.24) is 5.32 Å². The van der Waals surface area contributed by atoms with Crippen LogP contribution in [0.25, 0.3) is 0 Å². The van der Waals surface area contributed by atoms with Crippen molar-refractivity contribution in [3.8, 4) is 0 Å². The van der Waals surface area contributed by atoms with Crippen LogP contribution >= 0.6 is 24.8 Å². The first-order chi connectivity index (χ1) is 9.67. The quantitative estimate of drug-likeness (QED) is 0.742. The van der Waals surface area contributed by atoms with E-state index >= 15 is 0 Å². The van der Waals surface area contributed by atoms with Gasteiger partial charge in [0.2, 0.25) is 0 Å². The van der Waals surface area contributed by atoms with Crippen molar-refractivity contribution in [2.24, 2.45) is 11.7 Å². The maximum Gasteiger partial charge on any atom is 0.0818 e. The van der Waals surface area contributed by atoms with Gasteiger partial charge in [-0.15, -0.1) is 24.8 Å². The zero-order valence-corrected chi connectivity index (χ0v) is 14.5. The monoisotopic (exact) mass is 346 g/mol. The normalized spacial score (nSPS) is 28.5. The van der Waals surface area contributed by atoms with E-state index in [2.05, 4.69) is 17.4 Å². The fourth-order valence-corrected chi connectivity index (χ4v) is 3.93. The lowest BCUT2D eigenvalue weighted by atomic mass is 9.93. The second-order valence-electron chi connectivity index (χ2n) is 6.73. The number of β-amino-alcohol motifs (C(OH)–C–C–N with tert-alkyl or cyclic N) is 1. The Balaban J connectivity index is 0.00000121. The molecule has 0 aliphatic heterocycles. The molecular formula is C17H28Cl2N2O. The third kappa shape index (κ3) is 4.59. The van der Waals surface area contributed by atoms with Gasteiger partial charge >= 0.3 is 0 Å². The van der Waals surface area contributed by atoms with E-state index in [9.17, 15) is 5.11 Å². The smallest absolute Gasteiger partial charge is 0.0818 e. The van der Waals surface area contributed by atoms with Crippen molar-refractivity contribution in [1.29, 1.82) is 0 Å². The zero-order valence-electron chi connectivity index (χ0n) is 12.9. The number of nitrogens with one attached hydrogen (secondary N) is 1. The molecule has 0 saturated heterocycles. The maximum absolute atomic E-state index is 10.3. The Morgan fingerprint density at radius 1 is 1.18 bits per heavy atom. The third-order valence-electron chi connectivity index (χ3n) is 5.24. The van der Waals surface area contributed by atoms with Gasteiger partial charge in [-0.05, 0) is 50.0 Å². The standard InChI is InChI=1S/C17H26N2O.2ClH/c18-15(10-13-4-2-1-3-5-13)16(20)12-19-17-8-6-14(11-17)7-9-17;;/h1-5,14-16,19-20H,6-12,18H2;2*1H/t14-,15-,16+,17-;;/m0../s1. The second-order valence-corrected chi connectivity index (χ2v) is 6.73. The molecule has 0 aromatic heterocycles. The summed E-state index contributed by atoms with van der Waals surface area (Å²) in [6, 6.07) is 9.98. The van der Waals surface area contributed by atoms with Gasteiger partial charge in [0.25, 0.3) is 0 Å². The van der Waals surface area contributed by atoms with Crippen molar-refractivity contribution in [2.45, 2.75) is 56.2 Å². The Labute approximate surface area is 145 Å². The van der Waals surface area contributed by atoms with Gasteiger partial charge in [0.15, 0.2) is 0 Å². The molecule has 0 unspecified atom stereocenters. The number of halogens is 2. The van der Waals surface area contributed by atoms with Gasteiger partial charge in [-0.25, -0.2) is 0 Å². The molecule has 3 rings (SSSR count). The molecule has 2 atom stereocenters. The van der Waals surface area contributed by atoms with Crippen LogP contribution in [-0.4, -0.2) is 29.3 Å². The van der Waals surface area contributed by atoms with Crippen LogP contribution in [0.5, 0.6) is 0 Å². The number of rotatable bonds is 6. The summed E-state index contributed by atoms with van der Waals surface area (Å²) < 4.78 is 0. The van der Waals surface area contributed by atoms with Crippen LogP contribution in [0, 0.1) is 5.92 Å². The Morgan fingerprint density at radius 3 is 2.36 bits per heavy atom. The molecule has 4 N–H and O–H groups in total. The largest absolute Gasteiger partial charge is 0.390 e. The van der Waals surface area contributed by atoms with Gasteiger partial charge in [-0.1, -0.05) is 30.3 Å². The molecule has 0 radical (unpaired) electrons. The number of benzene rings is 1. The van der Waals surface area contributed by atoms with Crippen LogP contribution in [0.4, 0.5) is 0 Å². The molecule has 0 amide bonds. The molecule has 1 aromatic carbocycles. The molecule has 3 nitrogen and oxygen atoms in total. The Morgan fingerprint density at radius 2 is 1.82 bits per heavy atom. The third-order valence-corrected chi connectivity index (χ3v) is 5.24. The summed E-state index contributed by atoms with van der Waals surface area (Å²) in [5.74, 6) is 0.928. The molecule has 2 aliphatic rings. The van der Waals surface area contributed by atoms with Crippen molar-refractivity contribution in [3.05, 3.63) is 35.9 Å². The first-order valence-electron chi connectivity index (χ1n) is 7.89. The van der Waals surface area contributed by atoms with Crippen LogP contribution in [0.1, 0.15) is 37.7 Å². The fourth-order valence-electron chi connectivity index (χ4n) is 3.93. The summed E-state index contributed by atoms with van der Waals surface area (Å²) in [6.07, 6.45) is 6.84. The van der Waals surface area contributed by atoms with E-state index in [1.807, 2.05) is 18.2 Å². The van der Waals surface area contributed by atoms with Crippen LogP contribution in [0.3, 0.4) is 0 Å². The summed E-state index contributed by atoms with van der Waals surface area (Å²) in [4.78, 5) is 0. The van der Waals surface area contributed by atoms with Crippen LogP contribution < -0.4 is 11.1 Å². The molecule has 22 heavy (non-hydrogen) atoms. The van der Waals surface area contributed by atoms with Gasteiger partial charge in [0, 0.05) is 18.1 Å². The highest BCUT2D eigenvalue weighted by molar-refractivity contribution is 5.85. The topological polar surface area (TPSA) is 58.3 Å². The Bertz CT molecular complexity index is 436. The SMILES string of the molecule is Cl.Cl.N[C@@H](Cc1ccccc1)[C@H](O)CN[C@]12CC[C@H](CC1)C2. The highest BCUT2D eigenvalue weighted by Crippen LogP contribution is 2.47. The average molecular weight is 347 g/mol. The van der Waals surface area contributed by atoms with Crippen LogP contribution in [-0.2, 0) is 6.42 Å². The van der Waals surface area contributed by atoms with E-state index in [4.69, 9.17) is 5.73 Å². The summed E-state index contributed by atoms with van der Waals surface area (Å²) >= 11 is 0. The molecule has 126 valence electrons. The molecule has 2 fully saturated rings. The van der Waals surface area contributed by atoms with Crippen LogP contribution in [0.15, 0.2) is 30.3 Å². The van der Waals surface area contributed by atoms with E-state index in [1.54, 1.807) is 0 Å². The molecule has 2 bridgehead atoms. The summed E-state index contributed by atoms with van der Waals surface area (Å²) in [6.45, 7) is 0.626. The lowest BCUT2D eigenvalue weighted by Crippen LogP contribution is -2.50. The average Bonchev–Trinajstić information content (AvgIpc) is 3.07. The molecule has 0 heterocycles. The Hall–Kier alpha value is -0.320. The minimum absolute atomic E-state index is 0. The number of hydrogen-bond donors (Lipinski definition) is 3. The maximum atomic E-state index is 10.3. The summed E-state index contributed by atoms with van der Waals surface area (Å²) in [7, 11) is 0. The molecule has 2 saturated carbocycles. The van der Waals surface area contributed by atoms with E-state index in [0.717, 1.165) is 12.3 Å². The van der Waals surface area contributed by atoms with E-state index in [0.29, 0.717) is 12.1 Å². The molecule has 2 aliphatic carbocycles. The molecule has 5 heteroatoms. The van der Waals surface area contributed by atoms with Gasteiger partial charge in [0.05, 0.1) is 6.10 Å². The van der Waals surface area contributed by atoms with Crippen molar-refractivity contribution in [3.63, 3.8) is 0 Å². The minimum Gasteiger partial charge on any atom is -0.390 e. The van der Waals surface area contributed by atoms with E-state index in [1.165, 1.54) is 37.7 Å². The first kappa shape index (κ1) is 19.7. The van der Waals surface area contributed by atoms with Gasteiger partial charge in [-0.3, -0.25) is 0 Å². The minimum atomic E-state index is -0.468. The highest BCUT2D eigenvalue weighted by Gasteiger charge is 2.44. The fraction of sp³-hybridized carbons (Fsp3) is 0.647. The Kier molecular flexibility index (Phi) is 7.63. The predicted octanol–water partition coefficient (Wildman–Crippen LogP) is 2.68. The second kappa shape index (κ2) is 8.51. The summed E-state index contributed by atoms with van der Waals surface area (Å²) in [5.41, 5.74) is 7.65. The highest BCUT2D eigenvalue weighted by atomic mass is 35.5. The van der Waals surface area contributed by atoms with Gasteiger partial charge < -0.3 is 16.2 Å². The lowest BCUT2D eigenvalue weighted by molar-refractivity contribution is 0.127. The number of fused-ring (bicyclic) bond motifs is 2. The first-order valence-corrected chi connectivity index (χ1v) is 7.89. The number of aliphatic hydroxyl groups excluding tert-OH is 1. The predicted molar refractivity (Wildman–Crippen MR) is 95.9 cm³/mol. The van der Waals surface area contributed by atoms with E-state index in [-0.39, 0.29) is 30.9 Å². The van der Waals surface area contributed by atoms with Crippen LogP contribution in [0.2, 0.25) is 0 Å². The van der Waals surface area contributed by atoms with E-state index < -0.39 is 6.10 Å². The summed E-state index contributed by atoms with van der Waals surface area (Å²) in [5, 5.41) is 13.9. The number of aliphatic hydroxyl groups is 1. The van der Waals surface area contributed by atoms with Gasteiger partial charge in [-0.2, -0.15) is 0 Å². The zero-order chi connectivity index (χ0) is 14.0. The van der Waals surface area contributed by atoms with Crippen molar-refractivity contribution in [2.75, 3.05) is 6.54 Å². The molecule has 1 aromatic rings. The molecular weight excluding hydrogens is 319 g/mol. The number of hydrogen-bond acceptors (Lipinski definition) is 3. The molecule has 0 spiro atoms. The number of nitrogens with two attached hydrogens (primary N) is 1. The lowest BCUT2D eigenvalue weighted by Gasteiger charge is -2.30. The van der Waals surface area contributed by atoms with Crippen molar-refractivity contribution >= 4 is 24.8 Å².